The zero-order chi connectivity index (χ0) is 11.3. The summed E-state index contributed by atoms with van der Waals surface area (Å²) in [5, 5.41) is 12.1. The lowest BCUT2D eigenvalue weighted by atomic mass is 9.77. The van der Waals surface area contributed by atoms with Crippen LogP contribution in [0.2, 0.25) is 0 Å². The van der Waals surface area contributed by atoms with Crippen molar-refractivity contribution in [3.63, 3.8) is 0 Å². The van der Waals surface area contributed by atoms with Gasteiger partial charge in [0.1, 0.15) is 0 Å². The minimum absolute atomic E-state index is 0.0288. The molecule has 0 saturated heterocycles. The van der Waals surface area contributed by atoms with Crippen LogP contribution in [0, 0.1) is 5.92 Å². The number of aliphatic hydroxyl groups is 1. The summed E-state index contributed by atoms with van der Waals surface area (Å²) in [6.07, 6.45) is 4.29. The van der Waals surface area contributed by atoms with Crippen LogP contribution in [-0.4, -0.2) is 29.7 Å². The molecule has 4 nitrogen and oxygen atoms in total. The monoisotopic (exact) mass is 214 g/mol. The molecule has 1 unspecified atom stereocenters. The minimum atomic E-state index is -0.316. The zero-order valence-electron chi connectivity index (χ0n) is 9.46. The summed E-state index contributed by atoms with van der Waals surface area (Å²) < 4.78 is 0. The SMILES string of the molecule is CCC(CN)CC(=O)NC1(CO)CCC1. The molecule has 0 bridgehead atoms. The van der Waals surface area contributed by atoms with Crippen LogP contribution in [0.1, 0.15) is 39.0 Å². The van der Waals surface area contributed by atoms with Gasteiger partial charge in [-0.1, -0.05) is 13.3 Å². The van der Waals surface area contributed by atoms with E-state index in [9.17, 15) is 9.90 Å². The molecule has 1 saturated carbocycles. The van der Waals surface area contributed by atoms with Crippen molar-refractivity contribution in [1.82, 2.24) is 5.32 Å². The number of rotatable bonds is 6. The van der Waals surface area contributed by atoms with Gasteiger partial charge in [-0.3, -0.25) is 4.79 Å². The first-order chi connectivity index (χ1) is 7.15. The normalized spacial score (nSPS) is 20.5. The van der Waals surface area contributed by atoms with Gasteiger partial charge in [-0.25, -0.2) is 0 Å². The van der Waals surface area contributed by atoms with Gasteiger partial charge in [0.15, 0.2) is 0 Å². The van der Waals surface area contributed by atoms with E-state index in [2.05, 4.69) is 5.32 Å². The van der Waals surface area contributed by atoms with Crippen LogP contribution in [0.3, 0.4) is 0 Å². The van der Waals surface area contributed by atoms with Gasteiger partial charge in [0.25, 0.3) is 0 Å². The van der Waals surface area contributed by atoms with Crippen molar-refractivity contribution < 1.29 is 9.90 Å². The molecular weight excluding hydrogens is 192 g/mol. The Bertz CT molecular complexity index is 205. The number of hydrogen-bond acceptors (Lipinski definition) is 3. The Morgan fingerprint density at radius 2 is 2.27 bits per heavy atom. The zero-order valence-corrected chi connectivity index (χ0v) is 9.46. The minimum Gasteiger partial charge on any atom is -0.394 e. The Kier molecular flexibility index (Phi) is 4.54. The topological polar surface area (TPSA) is 75.4 Å². The van der Waals surface area contributed by atoms with Crippen molar-refractivity contribution in [2.45, 2.75) is 44.6 Å². The number of carbonyl (C=O) groups excluding carboxylic acids is 1. The predicted molar refractivity (Wildman–Crippen MR) is 59.3 cm³/mol. The summed E-state index contributed by atoms with van der Waals surface area (Å²) >= 11 is 0. The third kappa shape index (κ3) is 3.18. The highest BCUT2D eigenvalue weighted by atomic mass is 16.3. The molecule has 0 aliphatic heterocycles. The van der Waals surface area contributed by atoms with Gasteiger partial charge in [-0.15, -0.1) is 0 Å². The molecule has 88 valence electrons. The van der Waals surface area contributed by atoms with E-state index in [1.54, 1.807) is 0 Å². The van der Waals surface area contributed by atoms with E-state index in [-0.39, 0.29) is 24.0 Å². The van der Waals surface area contributed by atoms with E-state index in [1.165, 1.54) is 0 Å². The highest BCUT2D eigenvalue weighted by molar-refractivity contribution is 5.77. The molecule has 0 aromatic heterocycles. The molecule has 4 N–H and O–H groups in total. The first-order valence-electron chi connectivity index (χ1n) is 5.77. The van der Waals surface area contributed by atoms with Crippen LogP contribution in [0.15, 0.2) is 0 Å². The molecule has 0 aromatic carbocycles. The molecule has 15 heavy (non-hydrogen) atoms. The second kappa shape index (κ2) is 5.47. The fourth-order valence-corrected chi connectivity index (χ4v) is 1.93. The lowest BCUT2D eigenvalue weighted by Gasteiger charge is -2.41. The number of hydrogen-bond donors (Lipinski definition) is 3. The van der Waals surface area contributed by atoms with Crippen LogP contribution < -0.4 is 11.1 Å². The molecule has 1 aliphatic carbocycles. The Morgan fingerprint density at radius 3 is 2.60 bits per heavy atom. The van der Waals surface area contributed by atoms with Crippen molar-refractivity contribution >= 4 is 5.91 Å². The number of nitrogens with two attached hydrogens (primary N) is 1. The van der Waals surface area contributed by atoms with Crippen LogP contribution in [0.5, 0.6) is 0 Å². The average molecular weight is 214 g/mol. The summed E-state index contributed by atoms with van der Waals surface area (Å²) in [6, 6.07) is 0. The molecule has 1 fully saturated rings. The lowest BCUT2D eigenvalue weighted by molar-refractivity contribution is -0.126. The van der Waals surface area contributed by atoms with E-state index in [4.69, 9.17) is 5.73 Å². The van der Waals surface area contributed by atoms with E-state index in [0.29, 0.717) is 13.0 Å². The molecule has 1 amide bonds. The van der Waals surface area contributed by atoms with E-state index in [1.807, 2.05) is 6.92 Å². The predicted octanol–water partition coefficient (Wildman–Crippen LogP) is 0.393. The van der Waals surface area contributed by atoms with E-state index in [0.717, 1.165) is 25.7 Å². The largest absolute Gasteiger partial charge is 0.394 e. The third-order valence-electron chi connectivity index (χ3n) is 3.40. The quantitative estimate of drug-likeness (QED) is 0.599. The van der Waals surface area contributed by atoms with Gasteiger partial charge in [0.05, 0.1) is 12.1 Å². The number of nitrogens with one attached hydrogen (secondary N) is 1. The van der Waals surface area contributed by atoms with Gasteiger partial charge in [0.2, 0.25) is 5.91 Å². The van der Waals surface area contributed by atoms with Gasteiger partial charge in [-0.2, -0.15) is 0 Å². The Balaban J connectivity index is 2.34. The Labute approximate surface area is 91.2 Å². The van der Waals surface area contributed by atoms with Gasteiger partial charge < -0.3 is 16.2 Å². The van der Waals surface area contributed by atoms with Crippen LogP contribution in [-0.2, 0) is 4.79 Å². The number of aliphatic hydroxyl groups excluding tert-OH is 1. The molecule has 1 aliphatic rings. The summed E-state index contributed by atoms with van der Waals surface area (Å²) in [5.74, 6) is 0.293. The maximum Gasteiger partial charge on any atom is 0.220 e. The molecule has 0 aromatic rings. The summed E-state index contributed by atoms with van der Waals surface area (Å²) in [4.78, 5) is 11.7. The van der Waals surface area contributed by atoms with Crippen molar-refractivity contribution in [3.8, 4) is 0 Å². The molecule has 0 radical (unpaired) electrons. The van der Waals surface area contributed by atoms with E-state index >= 15 is 0 Å². The van der Waals surface area contributed by atoms with E-state index < -0.39 is 0 Å². The highest BCUT2D eigenvalue weighted by Crippen LogP contribution is 2.31. The second-order valence-corrected chi connectivity index (χ2v) is 4.55. The fraction of sp³-hybridized carbons (Fsp3) is 0.909. The molecular formula is C11H22N2O2. The Morgan fingerprint density at radius 1 is 1.60 bits per heavy atom. The van der Waals surface area contributed by atoms with Crippen LogP contribution in [0.25, 0.3) is 0 Å². The smallest absolute Gasteiger partial charge is 0.220 e. The van der Waals surface area contributed by atoms with Gasteiger partial charge >= 0.3 is 0 Å². The van der Waals surface area contributed by atoms with Crippen molar-refractivity contribution in [2.75, 3.05) is 13.2 Å². The second-order valence-electron chi connectivity index (χ2n) is 4.55. The van der Waals surface area contributed by atoms with Gasteiger partial charge in [-0.05, 0) is 31.7 Å². The summed E-state index contributed by atoms with van der Waals surface area (Å²) in [6.45, 7) is 2.64. The summed E-state index contributed by atoms with van der Waals surface area (Å²) in [5.41, 5.74) is 5.23. The van der Waals surface area contributed by atoms with Crippen molar-refractivity contribution in [3.05, 3.63) is 0 Å². The number of carbonyl (C=O) groups is 1. The number of amides is 1. The maximum atomic E-state index is 11.7. The lowest BCUT2D eigenvalue weighted by Crippen LogP contribution is -2.56. The molecule has 1 rings (SSSR count). The molecule has 0 spiro atoms. The molecule has 4 heteroatoms. The highest BCUT2D eigenvalue weighted by Gasteiger charge is 2.37. The molecule has 0 heterocycles. The first-order valence-corrected chi connectivity index (χ1v) is 5.77. The first kappa shape index (κ1) is 12.5. The van der Waals surface area contributed by atoms with Crippen LogP contribution >= 0.6 is 0 Å². The maximum absolute atomic E-state index is 11.7. The van der Waals surface area contributed by atoms with Crippen LogP contribution in [0.4, 0.5) is 0 Å². The fourth-order valence-electron chi connectivity index (χ4n) is 1.93. The van der Waals surface area contributed by atoms with Crippen molar-refractivity contribution in [1.29, 1.82) is 0 Å². The third-order valence-corrected chi connectivity index (χ3v) is 3.40. The standard InChI is InChI=1S/C11H22N2O2/c1-2-9(7-12)6-10(15)13-11(8-14)4-3-5-11/h9,14H,2-8,12H2,1H3,(H,13,15). The summed E-state index contributed by atoms with van der Waals surface area (Å²) in [7, 11) is 0. The van der Waals surface area contributed by atoms with Gasteiger partial charge in [0, 0.05) is 6.42 Å². The average Bonchev–Trinajstić information content (AvgIpc) is 2.20. The Hall–Kier alpha value is -0.610. The van der Waals surface area contributed by atoms with Crippen molar-refractivity contribution in [2.24, 2.45) is 11.7 Å². The molecule has 1 atom stereocenters.